The predicted octanol–water partition coefficient (Wildman–Crippen LogP) is 2.68. The molecule has 0 bridgehead atoms. The van der Waals surface area contributed by atoms with E-state index >= 15 is 0 Å². The van der Waals surface area contributed by atoms with Crippen molar-refractivity contribution in [1.82, 2.24) is 9.78 Å². The fraction of sp³-hybridized carbons (Fsp3) is 0.800. The van der Waals surface area contributed by atoms with E-state index in [1.54, 1.807) is 0 Å². The van der Waals surface area contributed by atoms with E-state index in [1.807, 2.05) is 6.20 Å². The Labute approximate surface area is 116 Å². The molecule has 2 heterocycles. The van der Waals surface area contributed by atoms with Crippen molar-refractivity contribution >= 4 is 0 Å². The topological polar surface area (TPSA) is 53.1 Å². The van der Waals surface area contributed by atoms with Gasteiger partial charge in [-0.3, -0.25) is 4.68 Å². The van der Waals surface area contributed by atoms with E-state index in [9.17, 15) is 0 Å². The van der Waals surface area contributed by atoms with Gasteiger partial charge in [0.15, 0.2) is 0 Å². The van der Waals surface area contributed by atoms with Crippen LogP contribution in [-0.4, -0.2) is 27.0 Å². The van der Waals surface area contributed by atoms with Crippen LogP contribution in [0.1, 0.15) is 59.1 Å². The first-order valence-electron chi connectivity index (χ1n) is 7.22. The van der Waals surface area contributed by atoms with Crippen molar-refractivity contribution < 1.29 is 4.74 Å². The normalized spacial score (nSPS) is 26.5. The number of rotatable bonds is 4. The third-order valence-corrected chi connectivity index (χ3v) is 4.02. The van der Waals surface area contributed by atoms with Crippen molar-refractivity contribution in [2.45, 2.75) is 77.2 Å². The highest BCUT2D eigenvalue weighted by atomic mass is 16.5. The van der Waals surface area contributed by atoms with E-state index < -0.39 is 0 Å². The summed E-state index contributed by atoms with van der Waals surface area (Å²) in [5.41, 5.74) is 6.96. The molecule has 1 aliphatic heterocycles. The summed E-state index contributed by atoms with van der Waals surface area (Å²) < 4.78 is 8.19. The van der Waals surface area contributed by atoms with Crippen LogP contribution in [0.5, 0.6) is 0 Å². The molecule has 0 aliphatic carbocycles. The molecule has 2 atom stereocenters. The molecule has 1 aromatic rings. The first-order valence-corrected chi connectivity index (χ1v) is 7.22. The summed E-state index contributed by atoms with van der Waals surface area (Å²) in [4.78, 5) is 0. The maximum Gasteiger partial charge on any atom is 0.0857 e. The first kappa shape index (κ1) is 14.5. The van der Waals surface area contributed by atoms with Gasteiger partial charge in [0.05, 0.1) is 23.4 Å². The summed E-state index contributed by atoms with van der Waals surface area (Å²) in [5.74, 6) is 0. The quantitative estimate of drug-likeness (QED) is 0.910. The highest BCUT2D eigenvalue weighted by molar-refractivity contribution is 5.09. The highest BCUT2D eigenvalue weighted by Gasteiger charge is 2.47. The molecule has 19 heavy (non-hydrogen) atoms. The van der Waals surface area contributed by atoms with Gasteiger partial charge in [0.25, 0.3) is 0 Å². The summed E-state index contributed by atoms with van der Waals surface area (Å²) in [6.45, 7) is 10.7. The zero-order valence-electron chi connectivity index (χ0n) is 12.8. The molecule has 1 fully saturated rings. The minimum absolute atomic E-state index is 0.0832. The fourth-order valence-electron chi connectivity index (χ4n) is 3.05. The summed E-state index contributed by atoms with van der Waals surface area (Å²) in [6.07, 6.45) is 6.95. The van der Waals surface area contributed by atoms with Gasteiger partial charge >= 0.3 is 0 Å². The van der Waals surface area contributed by atoms with Crippen LogP contribution in [0.15, 0.2) is 12.4 Å². The summed E-state index contributed by atoms with van der Waals surface area (Å²) in [6, 6.07) is 0.510. The third kappa shape index (κ3) is 3.18. The average molecular weight is 265 g/mol. The van der Waals surface area contributed by atoms with Gasteiger partial charge in [-0.25, -0.2) is 0 Å². The number of ether oxygens (including phenoxy) is 1. The zero-order chi connectivity index (χ0) is 14.3. The van der Waals surface area contributed by atoms with Gasteiger partial charge in [0, 0.05) is 18.7 Å². The SMILES string of the molecule is CCC(N)Cc1cnn(C2CC(C)(C)OC2(C)C)c1. The van der Waals surface area contributed by atoms with E-state index in [2.05, 4.69) is 50.6 Å². The van der Waals surface area contributed by atoms with E-state index in [4.69, 9.17) is 10.5 Å². The van der Waals surface area contributed by atoms with Crippen LogP contribution >= 0.6 is 0 Å². The van der Waals surface area contributed by atoms with Gasteiger partial charge in [0.1, 0.15) is 0 Å². The molecule has 1 aliphatic rings. The van der Waals surface area contributed by atoms with E-state index in [1.165, 1.54) is 5.56 Å². The zero-order valence-corrected chi connectivity index (χ0v) is 12.8. The van der Waals surface area contributed by atoms with Crippen molar-refractivity contribution in [2.75, 3.05) is 0 Å². The molecule has 4 heteroatoms. The van der Waals surface area contributed by atoms with Crippen molar-refractivity contribution in [2.24, 2.45) is 5.73 Å². The standard InChI is InChI=1S/C15H27N3O/c1-6-12(16)7-11-9-17-18(10-11)13-8-14(2,3)19-15(13,4)5/h9-10,12-13H,6-8,16H2,1-5H3. The second-order valence-electron chi connectivity index (χ2n) is 6.89. The predicted molar refractivity (Wildman–Crippen MR) is 77.1 cm³/mol. The van der Waals surface area contributed by atoms with Crippen LogP contribution in [0.25, 0.3) is 0 Å². The Kier molecular flexibility index (Phi) is 3.76. The Balaban J connectivity index is 2.14. The number of hydrogen-bond donors (Lipinski definition) is 1. The lowest BCUT2D eigenvalue weighted by atomic mass is 9.94. The smallest absolute Gasteiger partial charge is 0.0857 e. The minimum atomic E-state index is -0.181. The van der Waals surface area contributed by atoms with Gasteiger partial charge in [-0.05, 0) is 46.1 Å². The van der Waals surface area contributed by atoms with Gasteiger partial charge in [-0.15, -0.1) is 0 Å². The summed E-state index contributed by atoms with van der Waals surface area (Å²) in [5, 5.41) is 4.53. The van der Waals surface area contributed by atoms with Crippen LogP contribution in [0, 0.1) is 0 Å². The van der Waals surface area contributed by atoms with Crippen LogP contribution in [0.2, 0.25) is 0 Å². The largest absolute Gasteiger partial charge is 0.367 e. The average Bonchev–Trinajstić information content (AvgIpc) is 2.80. The monoisotopic (exact) mass is 265 g/mol. The lowest BCUT2D eigenvalue weighted by Gasteiger charge is -2.27. The number of hydrogen-bond acceptors (Lipinski definition) is 3. The molecule has 0 aromatic carbocycles. The molecule has 108 valence electrons. The van der Waals surface area contributed by atoms with Crippen LogP contribution in [0.3, 0.4) is 0 Å². The number of nitrogens with two attached hydrogens (primary N) is 1. The van der Waals surface area contributed by atoms with Gasteiger partial charge in [0.2, 0.25) is 0 Å². The lowest BCUT2D eigenvalue weighted by molar-refractivity contribution is -0.0737. The van der Waals surface area contributed by atoms with Crippen molar-refractivity contribution in [3.8, 4) is 0 Å². The molecule has 0 spiro atoms. The van der Waals surface area contributed by atoms with Crippen LogP contribution < -0.4 is 5.73 Å². The lowest BCUT2D eigenvalue weighted by Crippen LogP contribution is -2.31. The molecule has 1 saturated heterocycles. The highest BCUT2D eigenvalue weighted by Crippen LogP contribution is 2.44. The Morgan fingerprint density at radius 2 is 2.16 bits per heavy atom. The third-order valence-electron chi connectivity index (χ3n) is 4.02. The second kappa shape index (κ2) is 4.91. The minimum Gasteiger partial charge on any atom is -0.367 e. The van der Waals surface area contributed by atoms with Gasteiger partial charge in [-0.2, -0.15) is 5.10 Å². The second-order valence-corrected chi connectivity index (χ2v) is 6.89. The van der Waals surface area contributed by atoms with Crippen LogP contribution in [-0.2, 0) is 11.2 Å². The molecule has 0 amide bonds. The molecular weight excluding hydrogens is 238 g/mol. The molecule has 0 saturated carbocycles. The summed E-state index contributed by atoms with van der Waals surface area (Å²) in [7, 11) is 0. The molecule has 2 N–H and O–H groups in total. The molecule has 2 rings (SSSR count). The maximum absolute atomic E-state index is 6.13. The molecule has 4 nitrogen and oxygen atoms in total. The fourth-order valence-corrected chi connectivity index (χ4v) is 3.05. The Morgan fingerprint density at radius 1 is 1.47 bits per heavy atom. The van der Waals surface area contributed by atoms with E-state index in [-0.39, 0.29) is 23.3 Å². The maximum atomic E-state index is 6.13. The Morgan fingerprint density at radius 3 is 2.68 bits per heavy atom. The van der Waals surface area contributed by atoms with Crippen molar-refractivity contribution in [3.05, 3.63) is 18.0 Å². The first-order chi connectivity index (χ1) is 8.73. The number of aromatic nitrogens is 2. The van der Waals surface area contributed by atoms with E-state index in [0.29, 0.717) is 0 Å². The Bertz CT molecular complexity index is 436. The molecular formula is C15H27N3O. The van der Waals surface area contributed by atoms with Gasteiger partial charge in [-0.1, -0.05) is 6.92 Å². The molecule has 0 radical (unpaired) electrons. The van der Waals surface area contributed by atoms with Gasteiger partial charge < -0.3 is 10.5 Å². The van der Waals surface area contributed by atoms with Crippen molar-refractivity contribution in [3.63, 3.8) is 0 Å². The molecule has 1 aromatic heterocycles. The van der Waals surface area contributed by atoms with Crippen molar-refractivity contribution in [1.29, 1.82) is 0 Å². The molecule has 2 unspecified atom stereocenters. The Hall–Kier alpha value is -0.870. The van der Waals surface area contributed by atoms with E-state index in [0.717, 1.165) is 19.3 Å². The number of nitrogens with zero attached hydrogens (tertiary/aromatic N) is 2. The summed E-state index contributed by atoms with van der Waals surface area (Å²) >= 11 is 0. The van der Waals surface area contributed by atoms with Crippen LogP contribution in [0.4, 0.5) is 0 Å².